The van der Waals surface area contributed by atoms with E-state index >= 15 is 0 Å². The molecule has 0 aliphatic rings. The Hall–Kier alpha value is -1.91. The molecule has 0 amide bonds. The minimum Gasteiger partial charge on any atom is -0.491 e. The molecular weight excluding hydrogens is 325 g/mol. The van der Waals surface area contributed by atoms with Gasteiger partial charge in [0.25, 0.3) is 0 Å². The monoisotopic (exact) mass is 339 g/mol. The van der Waals surface area contributed by atoms with Crippen LogP contribution in [-0.2, 0) is 11.2 Å². The van der Waals surface area contributed by atoms with Crippen LogP contribution in [0.15, 0.2) is 36.4 Å². The zero-order valence-corrected chi connectivity index (χ0v) is 13.4. The number of carbonyl (C=O) groups excluding carboxylic acids is 1. The van der Waals surface area contributed by atoms with Crippen LogP contribution in [-0.4, -0.2) is 19.7 Å². The molecule has 2 N–H and O–H groups in total. The number of esters is 1. The lowest BCUT2D eigenvalue weighted by Crippen LogP contribution is -2.06. The molecule has 116 valence electrons. The standard InChI is InChI=1S/C16H15Cl2NO3/c1-21-16(20)11-3-5-14(19)15(8-11)22-7-6-10-2-4-12(17)9-13(10)18/h2-5,8-9H,6-7,19H2,1H3. The quantitative estimate of drug-likeness (QED) is 0.661. The normalized spacial score (nSPS) is 10.3. The van der Waals surface area contributed by atoms with E-state index in [0.717, 1.165) is 5.56 Å². The van der Waals surface area contributed by atoms with E-state index in [-0.39, 0.29) is 0 Å². The third-order valence-corrected chi connectivity index (χ3v) is 3.67. The van der Waals surface area contributed by atoms with Crippen LogP contribution in [0.2, 0.25) is 10.0 Å². The van der Waals surface area contributed by atoms with E-state index < -0.39 is 5.97 Å². The number of hydrogen-bond donors (Lipinski definition) is 1. The maximum atomic E-state index is 11.5. The van der Waals surface area contributed by atoms with Gasteiger partial charge in [0.05, 0.1) is 25.0 Å². The van der Waals surface area contributed by atoms with Gasteiger partial charge in [0.1, 0.15) is 5.75 Å². The minimum absolute atomic E-state index is 0.371. The van der Waals surface area contributed by atoms with E-state index in [1.54, 1.807) is 30.3 Å². The largest absolute Gasteiger partial charge is 0.491 e. The average Bonchev–Trinajstić information content (AvgIpc) is 2.50. The third kappa shape index (κ3) is 4.06. The second-order valence-corrected chi connectivity index (χ2v) is 5.42. The number of carbonyl (C=O) groups is 1. The number of ether oxygens (including phenoxy) is 2. The Bertz CT molecular complexity index is 689. The van der Waals surface area contributed by atoms with Gasteiger partial charge in [0.2, 0.25) is 0 Å². The molecule has 0 spiro atoms. The molecule has 22 heavy (non-hydrogen) atoms. The molecule has 0 saturated carbocycles. The molecule has 4 nitrogen and oxygen atoms in total. The van der Waals surface area contributed by atoms with Gasteiger partial charge < -0.3 is 15.2 Å². The molecule has 0 bridgehead atoms. The average molecular weight is 340 g/mol. The summed E-state index contributed by atoms with van der Waals surface area (Å²) in [4.78, 5) is 11.5. The SMILES string of the molecule is COC(=O)c1ccc(N)c(OCCc2ccc(Cl)cc2Cl)c1. The van der Waals surface area contributed by atoms with E-state index in [1.165, 1.54) is 7.11 Å². The lowest BCUT2D eigenvalue weighted by Gasteiger charge is -2.11. The van der Waals surface area contributed by atoms with Crippen LogP contribution >= 0.6 is 23.2 Å². The van der Waals surface area contributed by atoms with Crippen molar-refractivity contribution < 1.29 is 14.3 Å². The van der Waals surface area contributed by atoms with E-state index in [0.29, 0.717) is 40.1 Å². The molecule has 2 aromatic rings. The molecule has 0 aromatic heterocycles. The molecule has 2 aromatic carbocycles. The van der Waals surface area contributed by atoms with E-state index in [4.69, 9.17) is 33.7 Å². The van der Waals surface area contributed by atoms with Crippen molar-refractivity contribution in [1.29, 1.82) is 0 Å². The van der Waals surface area contributed by atoms with Crippen molar-refractivity contribution >= 4 is 34.9 Å². The molecule has 0 atom stereocenters. The van der Waals surface area contributed by atoms with Gasteiger partial charge in [-0.2, -0.15) is 0 Å². The van der Waals surface area contributed by atoms with Gasteiger partial charge >= 0.3 is 5.97 Å². The topological polar surface area (TPSA) is 61.5 Å². The van der Waals surface area contributed by atoms with Crippen LogP contribution < -0.4 is 10.5 Å². The van der Waals surface area contributed by atoms with Crippen molar-refractivity contribution in [2.24, 2.45) is 0 Å². The van der Waals surface area contributed by atoms with Crippen LogP contribution in [0.4, 0.5) is 5.69 Å². The molecule has 0 aliphatic heterocycles. The van der Waals surface area contributed by atoms with E-state index in [1.807, 2.05) is 6.07 Å². The minimum atomic E-state index is -0.439. The Morgan fingerprint density at radius 3 is 2.64 bits per heavy atom. The zero-order chi connectivity index (χ0) is 16.1. The number of nitrogens with two attached hydrogens (primary N) is 1. The van der Waals surface area contributed by atoms with Crippen LogP contribution in [0.1, 0.15) is 15.9 Å². The summed E-state index contributed by atoms with van der Waals surface area (Å²) in [6, 6.07) is 10.1. The fraction of sp³-hybridized carbons (Fsp3) is 0.188. The molecular formula is C16H15Cl2NO3. The highest BCUT2D eigenvalue weighted by Gasteiger charge is 2.10. The zero-order valence-electron chi connectivity index (χ0n) is 11.9. The number of rotatable bonds is 5. The number of halogens is 2. The first-order chi connectivity index (χ1) is 10.5. The molecule has 0 saturated heterocycles. The van der Waals surface area contributed by atoms with Gasteiger partial charge in [-0.3, -0.25) is 0 Å². The third-order valence-electron chi connectivity index (χ3n) is 3.08. The van der Waals surface area contributed by atoms with Gasteiger partial charge in [-0.1, -0.05) is 29.3 Å². The molecule has 0 aliphatic carbocycles. The summed E-state index contributed by atoms with van der Waals surface area (Å²) >= 11 is 12.0. The lowest BCUT2D eigenvalue weighted by atomic mass is 10.1. The summed E-state index contributed by atoms with van der Waals surface area (Å²) < 4.78 is 10.3. The van der Waals surface area contributed by atoms with E-state index in [2.05, 4.69) is 4.74 Å². The molecule has 2 rings (SSSR count). The first kappa shape index (κ1) is 16.5. The summed E-state index contributed by atoms with van der Waals surface area (Å²) in [5.74, 6) is -0.00131. The summed E-state index contributed by atoms with van der Waals surface area (Å²) in [5.41, 5.74) is 7.60. The molecule has 0 radical (unpaired) electrons. The first-order valence-electron chi connectivity index (χ1n) is 6.56. The molecule has 0 fully saturated rings. The molecule has 6 heteroatoms. The smallest absolute Gasteiger partial charge is 0.337 e. The second kappa shape index (κ2) is 7.38. The van der Waals surface area contributed by atoms with Crippen LogP contribution in [0.5, 0.6) is 5.75 Å². The van der Waals surface area contributed by atoms with Gasteiger partial charge in [0.15, 0.2) is 0 Å². The van der Waals surface area contributed by atoms with Gasteiger partial charge in [-0.15, -0.1) is 0 Å². The van der Waals surface area contributed by atoms with Crippen molar-refractivity contribution in [3.8, 4) is 5.75 Å². The predicted molar refractivity (Wildman–Crippen MR) is 87.9 cm³/mol. The Morgan fingerprint density at radius 1 is 1.18 bits per heavy atom. The maximum Gasteiger partial charge on any atom is 0.337 e. The highest BCUT2D eigenvalue weighted by molar-refractivity contribution is 6.35. The second-order valence-electron chi connectivity index (χ2n) is 4.58. The van der Waals surface area contributed by atoms with Crippen LogP contribution in [0.25, 0.3) is 0 Å². The Labute approximate surface area is 138 Å². The van der Waals surface area contributed by atoms with Gasteiger partial charge in [-0.25, -0.2) is 4.79 Å². The van der Waals surface area contributed by atoms with Crippen molar-refractivity contribution in [2.75, 3.05) is 19.5 Å². The predicted octanol–water partition coefficient (Wildman–Crippen LogP) is 3.98. The van der Waals surface area contributed by atoms with Crippen LogP contribution in [0, 0.1) is 0 Å². The number of hydrogen-bond acceptors (Lipinski definition) is 4. The summed E-state index contributed by atoms with van der Waals surface area (Å²) in [5, 5.41) is 1.18. The fourth-order valence-corrected chi connectivity index (χ4v) is 2.40. The van der Waals surface area contributed by atoms with Crippen LogP contribution in [0.3, 0.4) is 0 Å². The lowest BCUT2D eigenvalue weighted by molar-refractivity contribution is 0.0600. The number of benzene rings is 2. The Kier molecular flexibility index (Phi) is 5.52. The number of nitrogen functional groups attached to an aromatic ring is 1. The Morgan fingerprint density at radius 2 is 1.95 bits per heavy atom. The highest BCUT2D eigenvalue weighted by Crippen LogP contribution is 2.25. The van der Waals surface area contributed by atoms with Crippen molar-refractivity contribution in [1.82, 2.24) is 0 Å². The van der Waals surface area contributed by atoms with E-state index in [9.17, 15) is 4.79 Å². The summed E-state index contributed by atoms with van der Waals surface area (Å²) in [7, 11) is 1.32. The summed E-state index contributed by atoms with van der Waals surface area (Å²) in [6.45, 7) is 0.371. The number of methoxy groups -OCH3 is 1. The number of anilines is 1. The van der Waals surface area contributed by atoms with Crippen molar-refractivity contribution in [3.63, 3.8) is 0 Å². The summed E-state index contributed by atoms with van der Waals surface area (Å²) in [6.07, 6.45) is 0.595. The maximum absolute atomic E-state index is 11.5. The van der Waals surface area contributed by atoms with Crippen molar-refractivity contribution in [3.05, 3.63) is 57.6 Å². The first-order valence-corrected chi connectivity index (χ1v) is 7.31. The van der Waals surface area contributed by atoms with Gasteiger partial charge in [0, 0.05) is 16.5 Å². The Balaban J connectivity index is 2.03. The van der Waals surface area contributed by atoms with Crippen molar-refractivity contribution in [2.45, 2.75) is 6.42 Å². The highest BCUT2D eigenvalue weighted by atomic mass is 35.5. The molecule has 0 unspecified atom stereocenters. The fourth-order valence-electron chi connectivity index (χ4n) is 1.90. The van der Waals surface area contributed by atoms with Gasteiger partial charge in [-0.05, 0) is 35.9 Å². The molecule has 0 heterocycles.